The Morgan fingerprint density at radius 2 is 0.205 bits per heavy atom. The van der Waals surface area contributed by atoms with Crippen LogP contribution in [0.25, 0.3) is 145 Å². The van der Waals surface area contributed by atoms with E-state index >= 15 is 0 Å². The Labute approximate surface area is 858 Å². The van der Waals surface area contributed by atoms with Crippen LogP contribution in [-0.2, 0) is 0 Å². The van der Waals surface area contributed by atoms with Crippen LogP contribution in [0, 0.1) is 0 Å². The lowest BCUT2D eigenvalue weighted by molar-refractivity contribution is 1.48. The van der Waals surface area contributed by atoms with E-state index in [2.05, 4.69) is 631 Å². The smallest absolute Gasteiger partial charge is 0.00143 e. The fraction of sp³-hybridized carbons (Fsp3) is 0. The van der Waals surface area contributed by atoms with Gasteiger partial charge in [0.15, 0.2) is 0 Å². The van der Waals surface area contributed by atoms with Crippen LogP contribution in [0.3, 0.4) is 0 Å². The second-order valence-corrected chi connectivity index (χ2v) is 36.7. The molecule has 0 spiro atoms. The van der Waals surface area contributed by atoms with E-state index < -0.39 is 0 Å². The molecule has 688 valence electrons. The summed E-state index contributed by atoms with van der Waals surface area (Å²) in [7, 11) is 0. The number of hydrogen-bond donors (Lipinski definition) is 0. The van der Waals surface area contributed by atoms with Crippen molar-refractivity contribution < 1.29 is 0 Å². The van der Waals surface area contributed by atoms with Crippen molar-refractivity contribution in [2.75, 3.05) is 0 Å². The SMILES string of the molecule is c1ccc(C(=C(c2ccccc2)c2cccc(-c3cc(-c4cccc(C(=C(c5ccccc5)c5ccccc5)c5ccccc5)c4)cc(-c4cccc(C(=C(c5ccccc5)c5ccccc5)c5ccccc5)c4)c3)c2)c2ccccc2)cc1.c1ccc(C(=C(c2ccccc2)c2cccc(-c3cccc(-c4cc(-c5ccccc5)c(-c5ccccc5)c(-c5ccccc5)c4-c4ccccc4)c3)c2)c2ccccc2)cc1. The van der Waals surface area contributed by atoms with Gasteiger partial charge in [-0.3, -0.25) is 0 Å². The van der Waals surface area contributed by atoms with E-state index in [0.717, 1.165) is 122 Å². The van der Waals surface area contributed by atoms with Crippen molar-refractivity contribution in [2.45, 2.75) is 0 Å². The summed E-state index contributed by atoms with van der Waals surface area (Å²) in [6.07, 6.45) is 0. The zero-order chi connectivity index (χ0) is 97.8. The van der Waals surface area contributed by atoms with Crippen molar-refractivity contribution >= 4 is 44.6 Å². The first-order valence-electron chi connectivity index (χ1n) is 50.2. The van der Waals surface area contributed by atoms with Gasteiger partial charge in [-0.1, -0.05) is 576 Å². The van der Waals surface area contributed by atoms with E-state index in [1.54, 1.807) is 0 Å². The Kier molecular flexibility index (Phi) is 27.9. The van der Waals surface area contributed by atoms with Crippen molar-refractivity contribution in [3.63, 3.8) is 0 Å². The molecule has 0 bridgehead atoms. The monoisotopic (exact) mass is 1860 g/mol. The third-order valence-corrected chi connectivity index (χ3v) is 27.4. The number of rotatable bonds is 25. The Bertz CT molecular complexity index is 7890. The van der Waals surface area contributed by atoms with Gasteiger partial charge in [-0.05, 0) is 288 Å². The molecule has 0 heterocycles. The first-order chi connectivity index (χ1) is 72.5. The van der Waals surface area contributed by atoms with E-state index in [9.17, 15) is 0 Å². The van der Waals surface area contributed by atoms with E-state index in [0.29, 0.717) is 0 Å². The molecule has 0 nitrogen and oxygen atoms in total. The van der Waals surface area contributed by atoms with Gasteiger partial charge in [0.05, 0.1) is 0 Å². The summed E-state index contributed by atoms with van der Waals surface area (Å²) in [6, 6.07) is 229. The van der Waals surface area contributed by atoms with Crippen LogP contribution in [-0.4, -0.2) is 0 Å². The molecule has 146 heavy (non-hydrogen) atoms. The summed E-state index contributed by atoms with van der Waals surface area (Å²) in [5, 5.41) is 0. The third kappa shape index (κ3) is 20.4. The van der Waals surface area contributed by atoms with E-state index in [4.69, 9.17) is 0 Å². The minimum atomic E-state index is 1.12. The van der Waals surface area contributed by atoms with Gasteiger partial charge in [-0.15, -0.1) is 0 Å². The lowest BCUT2D eigenvalue weighted by Gasteiger charge is -2.24. The van der Waals surface area contributed by atoms with E-state index in [-0.39, 0.29) is 0 Å². The molecule has 23 aromatic carbocycles. The van der Waals surface area contributed by atoms with Gasteiger partial charge in [0, 0.05) is 0 Å². The van der Waals surface area contributed by atoms with Crippen molar-refractivity contribution in [2.24, 2.45) is 0 Å². The molecule has 0 heteroatoms. The highest BCUT2D eigenvalue weighted by Gasteiger charge is 2.28. The summed E-state index contributed by atoms with van der Waals surface area (Å²) in [5.41, 5.74) is 49.0. The fourth-order valence-electron chi connectivity index (χ4n) is 20.8. The molecule has 23 rings (SSSR count). The van der Waals surface area contributed by atoms with Gasteiger partial charge >= 0.3 is 0 Å². The van der Waals surface area contributed by atoms with Gasteiger partial charge in [-0.2, -0.15) is 0 Å². The Balaban J connectivity index is 0.000000174. The molecule has 0 unspecified atom stereocenters. The second-order valence-electron chi connectivity index (χ2n) is 36.7. The van der Waals surface area contributed by atoms with E-state index in [1.165, 1.54) is 111 Å². The minimum absolute atomic E-state index is 1.12. The predicted octanol–water partition coefficient (Wildman–Crippen LogP) is 38.4. The van der Waals surface area contributed by atoms with Gasteiger partial charge in [0.2, 0.25) is 0 Å². The average Bonchev–Trinajstić information content (AvgIpc) is 0.731. The van der Waals surface area contributed by atoms with Crippen LogP contribution in [0.15, 0.2) is 631 Å². The summed E-state index contributed by atoms with van der Waals surface area (Å²) < 4.78 is 0. The lowest BCUT2D eigenvalue weighted by Crippen LogP contribution is -1.98. The third-order valence-electron chi connectivity index (χ3n) is 27.4. The second kappa shape index (κ2) is 44.2. The Hall–Kier alpha value is -19.0. The van der Waals surface area contributed by atoms with Gasteiger partial charge in [0.25, 0.3) is 0 Å². The van der Waals surface area contributed by atoms with Gasteiger partial charge in [-0.25, -0.2) is 0 Å². The molecule has 23 aromatic rings. The largest absolute Gasteiger partial charge is 0.0622 e. The molecule has 0 aliphatic heterocycles. The summed E-state index contributed by atoms with van der Waals surface area (Å²) in [4.78, 5) is 0. The Morgan fingerprint density at radius 3 is 0.418 bits per heavy atom. The van der Waals surface area contributed by atoms with Crippen molar-refractivity contribution in [1.29, 1.82) is 0 Å². The molecule has 0 fully saturated rings. The molecule has 0 aromatic heterocycles. The maximum absolute atomic E-state index is 2.43. The zero-order valence-corrected chi connectivity index (χ0v) is 81.0. The first kappa shape index (κ1) is 92.1. The Morgan fingerprint density at radius 1 is 0.0753 bits per heavy atom. The molecule has 0 radical (unpaired) electrons. The van der Waals surface area contributed by atoms with Gasteiger partial charge in [0.1, 0.15) is 0 Å². The predicted molar refractivity (Wildman–Crippen MR) is 619 cm³/mol. The van der Waals surface area contributed by atoms with E-state index in [1.807, 2.05) is 0 Å². The van der Waals surface area contributed by atoms with Crippen LogP contribution in [0.5, 0.6) is 0 Å². The molecule has 0 aliphatic carbocycles. The normalized spacial score (nSPS) is 10.9. The average molecular weight is 1860 g/mol. The van der Waals surface area contributed by atoms with Crippen LogP contribution in [0.1, 0.15) is 89.0 Å². The van der Waals surface area contributed by atoms with Gasteiger partial charge < -0.3 is 0 Å². The van der Waals surface area contributed by atoms with Crippen LogP contribution in [0.2, 0.25) is 0 Å². The first-order valence-corrected chi connectivity index (χ1v) is 50.2. The van der Waals surface area contributed by atoms with Crippen LogP contribution >= 0.6 is 0 Å². The highest BCUT2D eigenvalue weighted by Crippen LogP contribution is 2.53. The summed E-state index contributed by atoms with van der Waals surface area (Å²) in [6.45, 7) is 0. The quantitative estimate of drug-likeness (QED) is 0.0500. The molecular formula is C146H104. The zero-order valence-electron chi connectivity index (χ0n) is 81.0. The van der Waals surface area contributed by atoms with Crippen LogP contribution < -0.4 is 0 Å². The molecule has 0 amide bonds. The molecule has 0 saturated heterocycles. The minimum Gasteiger partial charge on any atom is -0.0622 e. The standard InChI is InChI=1S/C84H60.C62H44/c1-10-31-61(32-11-1)79(62-33-12-2-13-34-62)82(67-43-22-7-23-44-67)73-52-28-49-70(55-73)76-58-77(71-50-29-53-74(56-71)83(68-45-24-8-25-46-68)80(63-35-14-3-15-36-63)64-37-16-4-17-38-64)60-78(59-76)72-51-30-54-75(57-72)84(69-47-26-9-27-48-69)81(65-39-18-5-19-40-65)66-41-20-6-21-42-66;1-8-24-45(25-9-1)56-44-57(61(50-34-18-6-19-35-50)62(51-36-20-7-21-37-51)60(56)49-32-16-5-17-33-49)54-40-22-38-52(42-54)53-39-23-41-55(43-53)59(48-30-14-4-15-31-48)58(46-26-10-2-11-27-46)47-28-12-3-13-29-47/h1-60H;1-44H. The number of hydrogen-bond acceptors (Lipinski definition) is 0. The molecule has 0 N–H and O–H groups in total. The molecule has 0 aliphatic rings. The summed E-state index contributed by atoms with van der Waals surface area (Å²) in [5.74, 6) is 0. The molecule has 0 atom stereocenters. The fourth-order valence-corrected chi connectivity index (χ4v) is 20.8. The lowest BCUT2D eigenvalue weighted by atomic mass is 9.78. The van der Waals surface area contributed by atoms with Crippen molar-refractivity contribution in [3.8, 4) is 100 Å². The van der Waals surface area contributed by atoms with Crippen molar-refractivity contribution in [3.05, 3.63) is 720 Å². The maximum atomic E-state index is 2.43. The van der Waals surface area contributed by atoms with Crippen LogP contribution in [0.4, 0.5) is 0 Å². The molecular weight excluding hydrogens is 1750 g/mol. The summed E-state index contributed by atoms with van der Waals surface area (Å²) >= 11 is 0. The topological polar surface area (TPSA) is 0 Å². The van der Waals surface area contributed by atoms with Crippen molar-refractivity contribution in [1.82, 2.24) is 0 Å². The maximum Gasteiger partial charge on any atom is -0.00143 e. The highest BCUT2D eigenvalue weighted by atomic mass is 14.3. The highest BCUT2D eigenvalue weighted by molar-refractivity contribution is 6.12. The molecule has 0 saturated carbocycles. The number of benzene rings is 23.